The predicted octanol–water partition coefficient (Wildman–Crippen LogP) is 4.16. The molecule has 25 heavy (non-hydrogen) atoms. The van der Waals surface area contributed by atoms with E-state index >= 15 is 0 Å². The molecule has 0 aliphatic carbocycles. The Bertz CT molecular complexity index is 736. The number of carbonyl (C=O) groups is 1. The summed E-state index contributed by atoms with van der Waals surface area (Å²) in [4.78, 5) is 12.3. The summed E-state index contributed by atoms with van der Waals surface area (Å²) in [6, 6.07) is 14.8. The Morgan fingerprint density at radius 1 is 1.00 bits per heavy atom. The van der Waals surface area contributed by atoms with Crippen LogP contribution in [0.15, 0.2) is 54.6 Å². The molecule has 2 aromatic carbocycles. The Morgan fingerprint density at radius 2 is 1.56 bits per heavy atom. The molecule has 134 valence electrons. The average molecular weight is 364 g/mol. The molecule has 0 aliphatic rings. The zero-order valence-corrected chi connectivity index (χ0v) is 15.0. The van der Waals surface area contributed by atoms with Gasteiger partial charge in [0.1, 0.15) is 5.75 Å². The van der Waals surface area contributed by atoms with Gasteiger partial charge in [0.15, 0.2) is 5.85 Å². The maximum absolute atomic E-state index is 12.8. The highest BCUT2D eigenvalue weighted by Crippen LogP contribution is 2.60. The first-order valence-electron chi connectivity index (χ1n) is 7.94. The molecule has 1 N–H and O–H groups in total. The van der Waals surface area contributed by atoms with Gasteiger partial charge in [-0.1, -0.05) is 36.4 Å². The van der Waals surface area contributed by atoms with Gasteiger partial charge in [0, 0.05) is 5.56 Å². The molecule has 0 spiro atoms. The van der Waals surface area contributed by atoms with E-state index in [2.05, 4.69) is 0 Å². The molecule has 0 saturated heterocycles. The molecular formula is C18H21O6P. The minimum Gasteiger partial charge on any atom is -0.423 e. The molecule has 0 bridgehead atoms. The highest BCUT2D eigenvalue weighted by atomic mass is 31.2. The number of ether oxygens (including phenoxy) is 1. The first-order valence-corrected chi connectivity index (χ1v) is 9.56. The zero-order chi connectivity index (χ0) is 18.3. The third kappa shape index (κ3) is 4.77. The summed E-state index contributed by atoms with van der Waals surface area (Å²) in [5.74, 6) is -2.04. The lowest BCUT2D eigenvalue weighted by Gasteiger charge is -2.23. The summed E-state index contributed by atoms with van der Waals surface area (Å²) in [7, 11) is -3.81. The minimum atomic E-state index is -3.81. The van der Waals surface area contributed by atoms with E-state index in [1.807, 2.05) is 0 Å². The van der Waals surface area contributed by atoms with Gasteiger partial charge < -0.3 is 18.9 Å². The standard InChI is InChI=1S/C18H21O6P/c1-3-22-25(21,23-4-2)18(20)15-12-8-9-13-16(15)24-17(19)14-10-6-5-7-11-14/h5-13,18,20H,3-4H2,1-2H3. The van der Waals surface area contributed by atoms with Crippen LogP contribution >= 0.6 is 7.60 Å². The minimum absolute atomic E-state index is 0.100. The fourth-order valence-electron chi connectivity index (χ4n) is 2.23. The van der Waals surface area contributed by atoms with Crippen molar-refractivity contribution >= 4 is 13.6 Å². The fraction of sp³-hybridized carbons (Fsp3) is 0.278. The van der Waals surface area contributed by atoms with Gasteiger partial charge in [-0.2, -0.15) is 0 Å². The molecule has 0 aliphatic heterocycles. The van der Waals surface area contributed by atoms with Gasteiger partial charge in [0.2, 0.25) is 0 Å². The van der Waals surface area contributed by atoms with Gasteiger partial charge in [-0.3, -0.25) is 4.57 Å². The number of esters is 1. The van der Waals surface area contributed by atoms with Crippen molar-refractivity contribution in [1.82, 2.24) is 0 Å². The van der Waals surface area contributed by atoms with Crippen LogP contribution in [-0.2, 0) is 13.6 Å². The van der Waals surface area contributed by atoms with Gasteiger partial charge in [-0.25, -0.2) is 4.79 Å². The second-order valence-electron chi connectivity index (χ2n) is 5.04. The maximum atomic E-state index is 12.8. The molecule has 1 atom stereocenters. The van der Waals surface area contributed by atoms with Crippen molar-refractivity contribution in [2.75, 3.05) is 13.2 Å². The van der Waals surface area contributed by atoms with Gasteiger partial charge in [0.25, 0.3) is 0 Å². The first kappa shape index (κ1) is 19.3. The molecule has 2 rings (SSSR count). The Morgan fingerprint density at radius 3 is 2.16 bits per heavy atom. The van der Waals surface area contributed by atoms with E-state index in [4.69, 9.17) is 13.8 Å². The van der Waals surface area contributed by atoms with E-state index in [1.54, 1.807) is 56.3 Å². The summed E-state index contributed by atoms with van der Waals surface area (Å²) >= 11 is 0. The Labute approximate surface area is 146 Å². The van der Waals surface area contributed by atoms with Crippen LogP contribution in [0, 0.1) is 0 Å². The van der Waals surface area contributed by atoms with Crippen LogP contribution in [0.1, 0.15) is 35.6 Å². The number of rotatable bonds is 8. The first-order chi connectivity index (χ1) is 12.0. The third-order valence-corrected chi connectivity index (χ3v) is 5.44. The number of carbonyl (C=O) groups excluding carboxylic acids is 1. The molecule has 0 aromatic heterocycles. The van der Waals surface area contributed by atoms with Gasteiger partial charge >= 0.3 is 13.6 Å². The number of hydrogen-bond acceptors (Lipinski definition) is 6. The largest absolute Gasteiger partial charge is 0.423 e. The van der Waals surface area contributed by atoms with Crippen LogP contribution in [0.5, 0.6) is 5.75 Å². The van der Waals surface area contributed by atoms with E-state index < -0.39 is 19.4 Å². The van der Waals surface area contributed by atoms with Crippen molar-refractivity contribution in [3.8, 4) is 5.75 Å². The van der Waals surface area contributed by atoms with Crippen LogP contribution in [0.3, 0.4) is 0 Å². The normalized spacial score (nSPS) is 12.6. The molecule has 6 nitrogen and oxygen atoms in total. The van der Waals surface area contributed by atoms with Crippen molar-refractivity contribution in [2.45, 2.75) is 19.7 Å². The lowest BCUT2D eigenvalue weighted by atomic mass is 10.2. The summed E-state index contributed by atoms with van der Waals surface area (Å²) in [5, 5.41) is 10.6. The topological polar surface area (TPSA) is 82.1 Å². The van der Waals surface area contributed by atoms with Crippen LogP contribution in [0.25, 0.3) is 0 Å². The second-order valence-corrected chi connectivity index (χ2v) is 7.13. The Hall–Kier alpha value is -1.98. The van der Waals surface area contributed by atoms with Crippen LogP contribution in [0.2, 0.25) is 0 Å². The number of benzene rings is 2. The third-order valence-electron chi connectivity index (χ3n) is 3.33. The monoisotopic (exact) mass is 364 g/mol. The molecule has 2 aromatic rings. The molecule has 0 amide bonds. The smallest absolute Gasteiger partial charge is 0.363 e. The Balaban J connectivity index is 2.31. The van der Waals surface area contributed by atoms with Crippen molar-refractivity contribution in [3.63, 3.8) is 0 Å². The molecule has 0 heterocycles. The molecular weight excluding hydrogens is 343 g/mol. The van der Waals surface area contributed by atoms with E-state index in [0.29, 0.717) is 5.56 Å². The summed E-state index contributed by atoms with van der Waals surface area (Å²) in [6.45, 7) is 3.53. The SMILES string of the molecule is CCOP(=O)(OCC)C(O)c1ccccc1OC(=O)c1ccccc1. The molecule has 0 saturated carbocycles. The Kier molecular flexibility index (Phi) is 6.91. The highest BCUT2D eigenvalue weighted by Gasteiger charge is 2.37. The summed E-state index contributed by atoms with van der Waals surface area (Å²) < 4.78 is 28.5. The predicted molar refractivity (Wildman–Crippen MR) is 93.7 cm³/mol. The summed E-state index contributed by atoms with van der Waals surface area (Å²) in [6.07, 6.45) is 0. The van der Waals surface area contributed by atoms with Gasteiger partial charge in [-0.15, -0.1) is 0 Å². The quantitative estimate of drug-likeness (QED) is 0.430. The van der Waals surface area contributed by atoms with E-state index in [0.717, 1.165) is 0 Å². The lowest BCUT2D eigenvalue weighted by molar-refractivity contribution is 0.0727. The van der Waals surface area contributed by atoms with Gasteiger partial charge in [-0.05, 0) is 32.0 Å². The number of aliphatic hydroxyl groups is 1. The molecule has 1 unspecified atom stereocenters. The van der Waals surface area contributed by atoms with Crippen molar-refractivity contribution < 1.29 is 28.3 Å². The molecule has 0 radical (unpaired) electrons. The molecule has 0 fully saturated rings. The van der Waals surface area contributed by atoms with Crippen molar-refractivity contribution in [3.05, 3.63) is 65.7 Å². The van der Waals surface area contributed by atoms with Crippen molar-refractivity contribution in [1.29, 1.82) is 0 Å². The summed E-state index contributed by atoms with van der Waals surface area (Å²) in [5.41, 5.74) is 0.529. The lowest BCUT2D eigenvalue weighted by Crippen LogP contribution is -2.12. The van der Waals surface area contributed by atoms with E-state index in [-0.39, 0.29) is 24.5 Å². The van der Waals surface area contributed by atoms with E-state index in [9.17, 15) is 14.5 Å². The maximum Gasteiger partial charge on any atom is 0.363 e. The highest BCUT2D eigenvalue weighted by molar-refractivity contribution is 7.54. The fourth-order valence-corrected chi connectivity index (χ4v) is 3.86. The number of para-hydroxylation sites is 1. The zero-order valence-electron chi connectivity index (χ0n) is 14.1. The van der Waals surface area contributed by atoms with Crippen LogP contribution in [-0.4, -0.2) is 24.3 Å². The van der Waals surface area contributed by atoms with E-state index in [1.165, 1.54) is 12.1 Å². The van der Waals surface area contributed by atoms with Crippen LogP contribution < -0.4 is 4.74 Å². The average Bonchev–Trinajstić information content (AvgIpc) is 2.62. The number of hydrogen-bond donors (Lipinski definition) is 1. The van der Waals surface area contributed by atoms with Crippen molar-refractivity contribution in [2.24, 2.45) is 0 Å². The number of aliphatic hydroxyl groups excluding tert-OH is 1. The second kappa shape index (κ2) is 8.92. The van der Waals surface area contributed by atoms with Crippen LogP contribution in [0.4, 0.5) is 0 Å². The molecule has 7 heteroatoms. The van der Waals surface area contributed by atoms with Gasteiger partial charge in [0.05, 0.1) is 18.8 Å².